The van der Waals surface area contributed by atoms with E-state index in [1.54, 1.807) is 6.92 Å². The standard InChI is InChI=1S/C18H27NO/c1-4-16-8-10-17(11-9-16)18(13-15(3)20)19-12-6-5-7-14(19)2/h8-11,14,18H,4-7,12-13H2,1-3H3. The van der Waals surface area contributed by atoms with Crippen LogP contribution in [0.1, 0.15) is 63.6 Å². The summed E-state index contributed by atoms with van der Waals surface area (Å²) in [6.45, 7) is 7.30. The van der Waals surface area contributed by atoms with Crippen LogP contribution < -0.4 is 0 Å². The molecule has 2 unspecified atom stereocenters. The Morgan fingerprint density at radius 2 is 2.00 bits per heavy atom. The molecule has 1 aliphatic heterocycles. The zero-order chi connectivity index (χ0) is 14.5. The number of ketones is 1. The maximum Gasteiger partial charge on any atom is 0.131 e. The van der Waals surface area contributed by atoms with E-state index < -0.39 is 0 Å². The van der Waals surface area contributed by atoms with Gasteiger partial charge in [-0.15, -0.1) is 0 Å². The minimum Gasteiger partial charge on any atom is -0.300 e. The predicted molar refractivity (Wildman–Crippen MR) is 83.9 cm³/mol. The lowest BCUT2D eigenvalue weighted by molar-refractivity contribution is -0.118. The molecule has 1 aromatic carbocycles. The minimum atomic E-state index is 0.258. The smallest absolute Gasteiger partial charge is 0.131 e. The van der Waals surface area contributed by atoms with Gasteiger partial charge >= 0.3 is 0 Å². The minimum absolute atomic E-state index is 0.258. The molecule has 1 saturated heterocycles. The van der Waals surface area contributed by atoms with Gasteiger partial charge in [0.25, 0.3) is 0 Å². The van der Waals surface area contributed by atoms with Crippen molar-refractivity contribution >= 4 is 5.78 Å². The van der Waals surface area contributed by atoms with Crippen molar-refractivity contribution in [1.29, 1.82) is 0 Å². The number of piperidine rings is 1. The van der Waals surface area contributed by atoms with E-state index in [-0.39, 0.29) is 11.8 Å². The normalized spacial score (nSPS) is 21.6. The zero-order valence-corrected chi connectivity index (χ0v) is 13.1. The van der Waals surface area contributed by atoms with Crippen LogP contribution in [0.3, 0.4) is 0 Å². The fourth-order valence-electron chi connectivity index (χ4n) is 3.26. The molecular weight excluding hydrogens is 246 g/mol. The molecule has 1 fully saturated rings. The van der Waals surface area contributed by atoms with Crippen molar-refractivity contribution in [3.8, 4) is 0 Å². The van der Waals surface area contributed by atoms with Crippen LogP contribution >= 0.6 is 0 Å². The number of hydrogen-bond acceptors (Lipinski definition) is 2. The van der Waals surface area contributed by atoms with Gasteiger partial charge in [-0.05, 0) is 50.8 Å². The number of Topliss-reactive ketones (excluding diaryl/α,β-unsaturated/α-hetero) is 1. The fraction of sp³-hybridized carbons (Fsp3) is 0.611. The van der Waals surface area contributed by atoms with E-state index in [9.17, 15) is 4.79 Å². The SMILES string of the molecule is CCc1ccc(C(CC(C)=O)N2CCCCC2C)cc1. The van der Waals surface area contributed by atoms with Gasteiger partial charge in [-0.3, -0.25) is 9.69 Å². The van der Waals surface area contributed by atoms with Gasteiger partial charge in [0.05, 0.1) is 0 Å². The lowest BCUT2D eigenvalue weighted by Crippen LogP contribution is -2.41. The second kappa shape index (κ2) is 7.03. The van der Waals surface area contributed by atoms with Crippen molar-refractivity contribution in [3.63, 3.8) is 0 Å². The van der Waals surface area contributed by atoms with E-state index in [1.165, 1.54) is 30.4 Å². The van der Waals surface area contributed by atoms with Crippen molar-refractivity contribution in [2.24, 2.45) is 0 Å². The first-order valence-corrected chi connectivity index (χ1v) is 7.95. The zero-order valence-electron chi connectivity index (χ0n) is 13.1. The summed E-state index contributed by atoms with van der Waals surface area (Å²) in [6.07, 6.45) is 5.53. The van der Waals surface area contributed by atoms with Crippen LogP contribution in [0.15, 0.2) is 24.3 Å². The molecule has 2 nitrogen and oxygen atoms in total. The van der Waals surface area contributed by atoms with Crippen LogP contribution in [0, 0.1) is 0 Å². The highest BCUT2D eigenvalue weighted by molar-refractivity contribution is 5.76. The lowest BCUT2D eigenvalue weighted by Gasteiger charge is -2.39. The third-order valence-corrected chi connectivity index (χ3v) is 4.51. The topological polar surface area (TPSA) is 20.3 Å². The average molecular weight is 273 g/mol. The molecule has 0 amide bonds. The third kappa shape index (κ3) is 3.69. The van der Waals surface area contributed by atoms with Crippen molar-refractivity contribution in [1.82, 2.24) is 4.90 Å². The van der Waals surface area contributed by atoms with Gasteiger partial charge in [0.15, 0.2) is 0 Å². The summed E-state index contributed by atoms with van der Waals surface area (Å²) in [6, 6.07) is 9.68. The summed E-state index contributed by atoms with van der Waals surface area (Å²) in [4.78, 5) is 14.2. The Morgan fingerprint density at radius 1 is 1.30 bits per heavy atom. The van der Waals surface area contributed by atoms with Gasteiger partial charge in [0.2, 0.25) is 0 Å². The van der Waals surface area contributed by atoms with E-state index in [2.05, 4.69) is 43.0 Å². The molecule has 2 atom stereocenters. The average Bonchev–Trinajstić information content (AvgIpc) is 2.46. The number of likely N-dealkylation sites (tertiary alicyclic amines) is 1. The Hall–Kier alpha value is -1.15. The van der Waals surface area contributed by atoms with Crippen molar-refractivity contribution in [3.05, 3.63) is 35.4 Å². The molecule has 0 aromatic heterocycles. The van der Waals surface area contributed by atoms with E-state index in [4.69, 9.17) is 0 Å². The molecule has 0 radical (unpaired) electrons. The highest BCUT2D eigenvalue weighted by atomic mass is 16.1. The summed E-state index contributed by atoms with van der Waals surface area (Å²) >= 11 is 0. The van der Waals surface area contributed by atoms with Gasteiger partial charge in [-0.1, -0.05) is 37.6 Å². The molecule has 1 heterocycles. The maximum absolute atomic E-state index is 11.7. The summed E-state index contributed by atoms with van der Waals surface area (Å²) in [5.74, 6) is 0.285. The molecule has 0 spiro atoms. The summed E-state index contributed by atoms with van der Waals surface area (Å²) in [7, 11) is 0. The van der Waals surface area contributed by atoms with E-state index in [1.807, 2.05) is 0 Å². The number of carbonyl (C=O) groups excluding carboxylic acids is 1. The van der Waals surface area contributed by atoms with E-state index >= 15 is 0 Å². The first kappa shape index (κ1) is 15.2. The van der Waals surface area contributed by atoms with E-state index in [0.717, 1.165) is 13.0 Å². The van der Waals surface area contributed by atoms with Crippen LogP contribution in [-0.2, 0) is 11.2 Å². The third-order valence-electron chi connectivity index (χ3n) is 4.51. The highest BCUT2D eigenvalue weighted by Gasteiger charge is 2.27. The molecule has 0 saturated carbocycles. The van der Waals surface area contributed by atoms with Gasteiger partial charge in [0.1, 0.15) is 5.78 Å². The maximum atomic E-state index is 11.7. The Bertz CT molecular complexity index is 437. The Kier molecular flexibility index (Phi) is 5.36. The van der Waals surface area contributed by atoms with Crippen LogP contribution in [0.4, 0.5) is 0 Å². The molecule has 20 heavy (non-hydrogen) atoms. The molecule has 1 aromatic rings. The van der Waals surface area contributed by atoms with Crippen molar-refractivity contribution in [2.45, 2.75) is 65.0 Å². The van der Waals surface area contributed by atoms with E-state index in [0.29, 0.717) is 12.5 Å². The quantitative estimate of drug-likeness (QED) is 0.803. The summed E-state index contributed by atoms with van der Waals surface area (Å²) < 4.78 is 0. The number of benzene rings is 1. The summed E-state index contributed by atoms with van der Waals surface area (Å²) in [5, 5.41) is 0. The summed E-state index contributed by atoms with van der Waals surface area (Å²) in [5.41, 5.74) is 2.66. The number of rotatable bonds is 5. The monoisotopic (exact) mass is 273 g/mol. The fourth-order valence-corrected chi connectivity index (χ4v) is 3.26. The molecule has 110 valence electrons. The number of aryl methyl sites for hydroxylation is 1. The van der Waals surface area contributed by atoms with Gasteiger partial charge in [0, 0.05) is 18.5 Å². The van der Waals surface area contributed by atoms with Gasteiger partial charge in [-0.25, -0.2) is 0 Å². The molecule has 0 aliphatic carbocycles. The van der Waals surface area contributed by atoms with Crippen molar-refractivity contribution in [2.75, 3.05) is 6.54 Å². The Morgan fingerprint density at radius 3 is 2.55 bits per heavy atom. The predicted octanol–water partition coefficient (Wildman–Crippen LogP) is 4.14. The highest BCUT2D eigenvalue weighted by Crippen LogP contribution is 2.31. The first-order chi connectivity index (χ1) is 9.61. The number of nitrogens with zero attached hydrogens (tertiary/aromatic N) is 1. The number of carbonyl (C=O) groups is 1. The van der Waals surface area contributed by atoms with Crippen molar-refractivity contribution < 1.29 is 4.79 Å². The second-order valence-electron chi connectivity index (χ2n) is 6.10. The van der Waals surface area contributed by atoms with Crippen LogP contribution in [-0.4, -0.2) is 23.3 Å². The first-order valence-electron chi connectivity index (χ1n) is 7.95. The Balaban J connectivity index is 2.23. The largest absolute Gasteiger partial charge is 0.300 e. The van der Waals surface area contributed by atoms with Crippen LogP contribution in [0.25, 0.3) is 0 Å². The van der Waals surface area contributed by atoms with Crippen LogP contribution in [0.2, 0.25) is 0 Å². The Labute approximate surface area is 123 Å². The second-order valence-corrected chi connectivity index (χ2v) is 6.10. The molecular formula is C18H27NO. The molecule has 1 aliphatic rings. The van der Waals surface area contributed by atoms with Gasteiger partial charge < -0.3 is 0 Å². The number of hydrogen-bond donors (Lipinski definition) is 0. The molecule has 2 rings (SSSR count). The van der Waals surface area contributed by atoms with Gasteiger partial charge in [-0.2, -0.15) is 0 Å². The molecule has 2 heteroatoms. The van der Waals surface area contributed by atoms with Crippen LogP contribution in [0.5, 0.6) is 0 Å². The molecule has 0 N–H and O–H groups in total. The lowest BCUT2D eigenvalue weighted by atomic mass is 9.93. The molecule has 0 bridgehead atoms.